The number of carbonyl (C=O) groups is 2. The quantitative estimate of drug-likeness (QED) is 0.712. The van der Waals surface area contributed by atoms with Crippen molar-refractivity contribution in [3.05, 3.63) is 30.3 Å². The van der Waals surface area contributed by atoms with Gasteiger partial charge >= 0.3 is 0 Å². The van der Waals surface area contributed by atoms with Gasteiger partial charge in [0.1, 0.15) is 0 Å². The molecule has 1 N–H and O–H groups in total. The van der Waals surface area contributed by atoms with Gasteiger partial charge in [-0.2, -0.15) is 4.31 Å². The predicted octanol–water partition coefficient (Wildman–Crippen LogP) is 2.38. The van der Waals surface area contributed by atoms with E-state index in [9.17, 15) is 18.0 Å². The first-order chi connectivity index (χ1) is 14.4. The minimum absolute atomic E-state index is 0.0750. The van der Waals surface area contributed by atoms with Crippen LogP contribution in [-0.4, -0.2) is 62.2 Å². The van der Waals surface area contributed by atoms with Crippen molar-refractivity contribution >= 4 is 21.8 Å². The van der Waals surface area contributed by atoms with Crippen molar-refractivity contribution in [2.45, 2.75) is 62.3 Å². The molecule has 1 aliphatic carbocycles. The molecular formula is C22H33N3O4S. The Hall–Kier alpha value is -1.93. The Morgan fingerprint density at radius 3 is 2.30 bits per heavy atom. The topological polar surface area (TPSA) is 86.8 Å². The number of amides is 2. The van der Waals surface area contributed by atoms with Crippen molar-refractivity contribution in [1.29, 1.82) is 0 Å². The van der Waals surface area contributed by atoms with Gasteiger partial charge in [-0.05, 0) is 37.8 Å². The minimum atomic E-state index is -3.51. The van der Waals surface area contributed by atoms with Crippen molar-refractivity contribution < 1.29 is 18.0 Å². The summed E-state index contributed by atoms with van der Waals surface area (Å²) in [5, 5.41) is 2.87. The first-order valence-electron chi connectivity index (χ1n) is 11.0. The monoisotopic (exact) mass is 435 g/mol. The average Bonchev–Trinajstić information content (AvgIpc) is 2.79. The number of hydrogen-bond donors (Lipinski definition) is 1. The summed E-state index contributed by atoms with van der Waals surface area (Å²) in [5.74, 6) is -0.218. The van der Waals surface area contributed by atoms with E-state index in [4.69, 9.17) is 0 Å². The van der Waals surface area contributed by atoms with Crippen molar-refractivity contribution in [1.82, 2.24) is 14.5 Å². The van der Waals surface area contributed by atoms with E-state index < -0.39 is 10.0 Å². The summed E-state index contributed by atoms with van der Waals surface area (Å²) >= 11 is 0. The fraction of sp³-hybridized carbons (Fsp3) is 0.636. The van der Waals surface area contributed by atoms with Crippen LogP contribution in [0.1, 0.15) is 51.4 Å². The summed E-state index contributed by atoms with van der Waals surface area (Å²) < 4.78 is 26.8. The highest BCUT2D eigenvalue weighted by Gasteiger charge is 2.32. The zero-order valence-corrected chi connectivity index (χ0v) is 18.6. The molecule has 30 heavy (non-hydrogen) atoms. The standard InChI is InChI=1S/C22H33N3O4S/c1-24(19-8-4-2-5-9-19)21(26)12-15-23-22(27)18-13-16-25(17-14-18)30(28,29)20-10-6-3-7-11-20/h3,6-7,10-11,18-19H,2,4-5,8-9,12-17H2,1H3,(H,23,27). The Morgan fingerprint density at radius 2 is 1.67 bits per heavy atom. The first-order valence-corrected chi connectivity index (χ1v) is 12.4. The van der Waals surface area contributed by atoms with Gasteiger partial charge in [-0.3, -0.25) is 9.59 Å². The van der Waals surface area contributed by atoms with Crippen LogP contribution in [0.15, 0.2) is 35.2 Å². The molecule has 8 heteroatoms. The van der Waals surface area contributed by atoms with E-state index in [1.165, 1.54) is 23.6 Å². The number of nitrogens with zero attached hydrogens (tertiary/aromatic N) is 2. The van der Waals surface area contributed by atoms with Gasteiger partial charge in [0, 0.05) is 45.1 Å². The van der Waals surface area contributed by atoms with E-state index in [0.717, 1.165) is 12.8 Å². The van der Waals surface area contributed by atoms with E-state index in [-0.39, 0.29) is 22.6 Å². The van der Waals surface area contributed by atoms with Crippen molar-refractivity contribution in [3.8, 4) is 0 Å². The highest BCUT2D eigenvalue weighted by Crippen LogP contribution is 2.24. The van der Waals surface area contributed by atoms with Crippen LogP contribution < -0.4 is 5.32 Å². The third kappa shape index (κ3) is 5.60. The SMILES string of the molecule is CN(C(=O)CCNC(=O)C1CCN(S(=O)(=O)c2ccccc2)CC1)C1CCCCC1. The minimum Gasteiger partial charge on any atom is -0.355 e. The highest BCUT2D eigenvalue weighted by molar-refractivity contribution is 7.89. The highest BCUT2D eigenvalue weighted by atomic mass is 32.2. The molecule has 0 bridgehead atoms. The summed E-state index contributed by atoms with van der Waals surface area (Å²) in [6.07, 6.45) is 7.04. The zero-order valence-electron chi connectivity index (χ0n) is 17.8. The molecule has 1 heterocycles. The van der Waals surface area contributed by atoms with Crippen LogP contribution in [0.5, 0.6) is 0 Å². The maximum atomic E-state index is 12.7. The Morgan fingerprint density at radius 1 is 1.03 bits per heavy atom. The second-order valence-corrected chi connectivity index (χ2v) is 10.3. The zero-order chi connectivity index (χ0) is 21.6. The second-order valence-electron chi connectivity index (χ2n) is 8.33. The Kier molecular flexibility index (Phi) is 7.88. The fourth-order valence-electron chi connectivity index (χ4n) is 4.39. The Labute approximate surface area is 179 Å². The van der Waals surface area contributed by atoms with Crippen molar-refractivity contribution in [2.75, 3.05) is 26.7 Å². The lowest BCUT2D eigenvalue weighted by molar-refractivity contribution is -0.132. The molecular weight excluding hydrogens is 402 g/mol. The van der Waals surface area contributed by atoms with E-state index >= 15 is 0 Å². The molecule has 2 fully saturated rings. The summed E-state index contributed by atoms with van der Waals surface area (Å²) in [4.78, 5) is 27.0. The van der Waals surface area contributed by atoms with Crippen molar-refractivity contribution in [3.63, 3.8) is 0 Å². The molecule has 7 nitrogen and oxygen atoms in total. The molecule has 1 saturated heterocycles. The molecule has 0 radical (unpaired) electrons. The molecule has 0 unspecified atom stereocenters. The van der Waals surface area contributed by atoms with Gasteiger partial charge in [0.15, 0.2) is 0 Å². The summed E-state index contributed by atoms with van der Waals surface area (Å²) in [7, 11) is -1.64. The van der Waals surface area contributed by atoms with Gasteiger partial charge in [0.2, 0.25) is 21.8 Å². The van der Waals surface area contributed by atoms with E-state index in [1.807, 2.05) is 11.9 Å². The molecule has 0 aromatic heterocycles. The number of sulfonamides is 1. The smallest absolute Gasteiger partial charge is 0.243 e. The number of piperidine rings is 1. The van der Waals surface area contributed by atoms with Gasteiger partial charge in [-0.15, -0.1) is 0 Å². The van der Waals surface area contributed by atoms with Crippen LogP contribution in [0.25, 0.3) is 0 Å². The van der Waals surface area contributed by atoms with Gasteiger partial charge < -0.3 is 10.2 Å². The van der Waals surface area contributed by atoms with Gasteiger partial charge in [-0.25, -0.2) is 8.42 Å². The van der Waals surface area contributed by atoms with E-state index in [2.05, 4.69) is 5.32 Å². The number of rotatable bonds is 7. The third-order valence-corrected chi connectivity index (χ3v) is 8.27. The normalized spacial score (nSPS) is 19.4. The summed E-state index contributed by atoms with van der Waals surface area (Å²) in [6.45, 7) is 0.995. The number of benzene rings is 1. The number of carbonyl (C=O) groups excluding carboxylic acids is 2. The maximum absolute atomic E-state index is 12.7. The lowest BCUT2D eigenvalue weighted by Gasteiger charge is -2.32. The molecule has 2 aliphatic rings. The van der Waals surface area contributed by atoms with E-state index in [1.54, 1.807) is 30.3 Å². The van der Waals surface area contributed by atoms with Crippen LogP contribution in [-0.2, 0) is 19.6 Å². The first kappa shape index (κ1) is 22.7. The molecule has 1 aliphatic heterocycles. The van der Waals surface area contributed by atoms with Gasteiger partial charge in [0.05, 0.1) is 4.90 Å². The fourth-order valence-corrected chi connectivity index (χ4v) is 5.88. The molecule has 2 amide bonds. The number of nitrogens with one attached hydrogen (secondary N) is 1. The summed E-state index contributed by atoms with van der Waals surface area (Å²) in [5.41, 5.74) is 0. The third-order valence-electron chi connectivity index (χ3n) is 6.36. The summed E-state index contributed by atoms with van der Waals surface area (Å²) in [6, 6.07) is 8.72. The van der Waals surface area contributed by atoms with Gasteiger partial charge in [0.25, 0.3) is 0 Å². The van der Waals surface area contributed by atoms with E-state index in [0.29, 0.717) is 44.9 Å². The molecule has 1 aromatic rings. The van der Waals surface area contributed by atoms with Crippen LogP contribution in [0.4, 0.5) is 0 Å². The van der Waals surface area contributed by atoms with Crippen LogP contribution in [0, 0.1) is 5.92 Å². The van der Waals surface area contributed by atoms with Crippen LogP contribution >= 0.6 is 0 Å². The molecule has 0 spiro atoms. The second kappa shape index (κ2) is 10.4. The maximum Gasteiger partial charge on any atom is 0.243 e. The molecule has 0 atom stereocenters. The Balaban J connectivity index is 1.40. The van der Waals surface area contributed by atoms with Gasteiger partial charge in [-0.1, -0.05) is 37.5 Å². The Bertz CT molecular complexity index is 814. The predicted molar refractivity (Wildman–Crippen MR) is 115 cm³/mol. The van der Waals surface area contributed by atoms with Crippen LogP contribution in [0.3, 0.4) is 0 Å². The molecule has 1 saturated carbocycles. The number of hydrogen-bond acceptors (Lipinski definition) is 4. The lowest BCUT2D eigenvalue weighted by Crippen LogP contribution is -2.44. The molecule has 1 aromatic carbocycles. The molecule has 166 valence electrons. The largest absolute Gasteiger partial charge is 0.355 e. The average molecular weight is 436 g/mol. The molecule has 3 rings (SSSR count). The van der Waals surface area contributed by atoms with Crippen molar-refractivity contribution in [2.24, 2.45) is 5.92 Å². The lowest BCUT2D eigenvalue weighted by atomic mass is 9.94. The van der Waals surface area contributed by atoms with Crippen LogP contribution in [0.2, 0.25) is 0 Å².